The van der Waals surface area contributed by atoms with Crippen LogP contribution in [0, 0.1) is 11.6 Å². The molecule has 5 nitrogen and oxygen atoms in total. The van der Waals surface area contributed by atoms with Crippen molar-refractivity contribution in [3.8, 4) is 33.5 Å². The Morgan fingerprint density at radius 3 is 1.97 bits per heavy atom. The molecule has 5 rings (SSSR count). The molecular formula is C27H19F2N3O2. The molecule has 5 aromatic rings. The zero-order valence-electron chi connectivity index (χ0n) is 18.4. The van der Waals surface area contributed by atoms with E-state index in [0.717, 1.165) is 22.3 Å². The van der Waals surface area contributed by atoms with Gasteiger partial charge in [0.05, 0.1) is 23.8 Å². The number of rotatable bonds is 4. The van der Waals surface area contributed by atoms with Crippen molar-refractivity contribution in [2.24, 2.45) is 7.05 Å². The molecule has 0 aliphatic carbocycles. The predicted molar refractivity (Wildman–Crippen MR) is 126 cm³/mol. The van der Waals surface area contributed by atoms with Gasteiger partial charge in [-0.05, 0) is 65.7 Å². The van der Waals surface area contributed by atoms with Crippen LogP contribution in [0.2, 0.25) is 0 Å². The Hall–Kier alpha value is -4.39. The SMILES string of the molecule is COC(=O)c1cc2nc(-c3ccc(F)cc3)c(-c3ccncc3)c(-c3ccc(F)cc3)c2n1C. The van der Waals surface area contributed by atoms with Crippen molar-refractivity contribution >= 4 is 17.0 Å². The molecule has 3 aromatic heterocycles. The standard InChI is InChI=1S/C27H19F2N3O2/c1-32-22(27(33)34-2)15-21-26(32)24(16-3-7-19(28)8-4-16)23(17-11-13-30-14-12-17)25(31-21)18-5-9-20(29)10-6-18/h3-15H,1-2H3. The number of aromatic nitrogens is 3. The summed E-state index contributed by atoms with van der Waals surface area (Å²) < 4.78 is 34.3. The maximum Gasteiger partial charge on any atom is 0.354 e. The number of pyridine rings is 2. The van der Waals surface area contributed by atoms with Crippen molar-refractivity contribution < 1.29 is 18.3 Å². The number of carbonyl (C=O) groups excluding carboxylic acids is 1. The number of halogens is 2. The highest BCUT2D eigenvalue weighted by Crippen LogP contribution is 2.43. The molecule has 3 heterocycles. The summed E-state index contributed by atoms with van der Waals surface area (Å²) in [6.07, 6.45) is 3.35. The molecule has 0 aliphatic heterocycles. The number of nitrogens with zero attached hydrogens (tertiary/aromatic N) is 3. The van der Waals surface area contributed by atoms with Crippen LogP contribution < -0.4 is 0 Å². The monoisotopic (exact) mass is 455 g/mol. The smallest absolute Gasteiger partial charge is 0.354 e. The number of benzene rings is 2. The molecule has 34 heavy (non-hydrogen) atoms. The third-order valence-corrected chi connectivity index (χ3v) is 5.78. The molecule has 7 heteroatoms. The van der Waals surface area contributed by atoms with Gasteiger partial charge in [-0.1, -0.05) is 12.1 Å². The minimum absolute atomic E-state index is 0.324. The second-order valence-electron chi connectivity index (χ2n) is 7.77. The van der Waals surface area contributed by atoms with Gasteiger partial charge in [0.1, 0.15) is 17.3 Å². The molecule has 0 N–H and O–H groups in total. The van der Waals surface area contributed by atoms with E-state index in [0.29, 0.717) is 28.0 Å². The molecule has 0 unspecified atom stereocenters. The Morgan fingerprint density at radius 1 is 0.824 bits per heavy atom. The maximum atomic E-state index is 13.8. The molecule has 0 spiro atoms. The lowest BCUT2D eigenvalue weighted by atomic mass is 9.90. The number of hydrogen-bond donors (Lipinski definition) is 0. The minimum atomic E-state index is -0.501. The molecule has 2 aromatic carbocycles. The first-order valence-electron chi connectivity index (χ1n) is 10.5. The predicted octanol–water partition coefficient (Wildman–Crippen LogP) is 6.03. The number of ether oxygens (including phenoxy) is 1. The van der Waals surface area contributed by atoms with Crippen LogP contribution in [-0.2, 0) is 11.8 Å². The minimum Gasteiger partial charge on any atom is -0.464 e. The van der Waals surface area contributed by atoms with E-state index >= 15 is 0 Å². The lowest BCUT2D eigenvalue weighted by Crippen LogP contribution is -2.07. The average Bonchev–Trinajstić information content (AvgIpc) is 3.20. The topological polar surface area (TPSA) is 57.0 Å². The van der Waals surface area contributed by atoms with Crippen molar-refractivity contribution in [2.75, 3.05) is 7.11 Å². The van der Waals surface area contributed by atoms with Gasteiger partial charge in [0, 0.05) is 36.1 Å². The summed E-state index contributed by atoms with van der Waals surface area (Å²) in [5.74, 6) is -1.22. The van der Waals surface area contributed by atoms with E-state index in [9.17, 15) is 13.6 Å². The van der Waals surface area contributed by atoms with Crippen molar-refractivity contribution in [3.63, 3.8) is 0 Å². The van der Waals surface area contributed by atoms with Gasteiger partial charge in [0.25, 0.3) is 0 Å². The molecule has 0 bridgehead atoms. The van der Waals surface area contributed by atoms with Gasteiger partial charge in [-0.3, -0.25) is 4.98 Å². The first kappa shape index (κ1) is 21.5. The van der Waals surface area contributed by atoms with E-state index in [2.05, 4.69) is 4.98 Å². The molecule has 0 atom stereocenters. The summed E-state index contributed by atoms with van der Waals surface area (Å²) >= 11 is 0. The molecule has 0 saturated heterocycles. The summed E-state index contributed by atoms with van der Waals surface area (Å²) in [6, 6.07) is 17.6. The van der Waals surface area contributed by atoms with E-state index in [4.69, 9.17) is 9.72 Å². The second-order valence-corrected chi connectivity index (χ2v) is 7.77. The van der Waals surface area contributed by atoms with Gasteiger partial charge in [0.15, 0.2) is 0 Å². The van der Waals surface area contributed by atoms with Crippen molar-refractivity contribution in [3.05, 3.63) is 96.5 Å². The Labute approximate surface area is 194 Å². The van der Waals surface area contributed by atoms with Crippen molar-refractivity contribution in [2.45, 2.75) is 0 Å². The molecule has 0 amide bonds. The number of methoxy groups -OCH3 is 1. The second kappa shape index (κ2) is 8.51. The van der Waals surface area contributed by atoms with Crippen LogP contribution in [0.5, 0.6) is 0 Å². The fourth-order valence-corrected chi connectivity index (χ4v) is 4.20. The van der Waals surface area contributed by atoms with E-state index in [-0.39, 0.29) is 11.6 Å². The highest BCUT2D eigenvalue weighted by molar-refractivity contribution is 6.08. The summed E-state index contributed by atoms with van der Waals surface area (Å²) in [6.45, 7) is 0. The molecule has 0 saturated carbocycles. The Bertz CT molecular complexity index is 1510. The van der Waals surface area contributed by atoms with Crippen LogP contribution in [0.15, 0.2) is 79.1 Å². The quantitative estimate of drug-likeness (QED) is 0.310. The first-order valence-corrected chi connectivity index (χ1v) is 10.5. The number of fused-ring (bicyclic) bond motifs is 1. The number of carbonyl (C=O) groups is 1. The van der Waals surface area contributed by atoms with E-state index in [1.54, 1.807) is 54.3 Å². The van der Waals surface area contributed by atoms with Gasteiger partial charge in [-0.15, -0.1) is 0 Å². The average molecular weight is 455 g/mol. The van der Waals surface area contributed by atoms with Crippen LogP contribution in [0.3, 0.4) is 0 Å². The van der Waals surface area contributed by atoms with Gasteiger partial charge in [0.2, 0.25) is 0 Å². The lowest BCUT2D eigenvalue weighted by molar-refractivity contribution is 0.0590. The third-order valence-electron chi connectivity index (χ3n) is 5.78. The molecule has 0 radical (unpaired) electrons. The fraction of sp³-hybridized carbons (Fsp3) is 0.0741. The Balaban J connectivity index is 1.97. The first-order chi connectivity index (χ1) is 16.5. The summed E-state index contributed by atoms with van der Waals surface area (Å²) in [4.78, 5) is 21.5. The molecule has 168 valence electrons. The summed E-state index contributed by atoms with van der Waals surface area (Å²) in [7, 11) is 3.08. The summed E-state index contributed by atoms with van der Waals surface area (Å²) in [5.41, 5.74) is 5.93. The molecule has 0 fully saturated rings. The normalized spacial score (nSPS) is 11.1. The van der Waals surface area contributed by atoms with E-state index in [1.165, 1.54) is 31.4 Å². The van der Waals surface area contributed by atoms with Gasteiger partial charge >= 0.3 is 5.97 Å². The lowest BCUT2D eigenvalue weighted by Gasteiger charge is -2.18. The van der Waals surface area contributed by atoms with Crippen LogP contribution in [-0.4, -0.2) is 27.6 Å². The van der Waals surface area contributed by atoms with Gasteiger partial charge < -0.3 is 9.30 Å². The van der Waals surface area contributed by atoms with Crippen molar-refractivity contribution in [1.29, 1.82) is 0 Å². The third kappa shape index (κ3) is 3.61. The largest absolute Gasteiger partial charge is 0.464 e. The number of esters is 1. The number of hydrogen-bond acceptors (Lipinski definition) is 4. The Kier molecular flexibility index (Phi) is 5.37. The highest BCUT2D eigenvalue weighted by atomic mass is 19.1. The molecular weight excluding hydrogens is 436 g/mol. The van der Waals surface area contributed by atoms with Crippen LogP contribution in [0.4, 0.5) is 8.78 Å². The van der Waals surface area contributed by atoms with Crippen LogP contribution in [0.1, 0.15) is 10.5 Å². The zero-order valence-corrected chi connectivity index (χ0v) is 18.4. The fourth-order valence-electron chi connectivity index (χ4n) is 4.20. The van der Waals surface area contributed by atoms with Crippen molar-refractivity contribution in [1.82, 2.24) is 14.5 Å². The van der Waals surface area contributed by atoms with Gasteiger partial charge in [-0.2, -0.15) is 0 Å². The Morgan fingerprint density at radius 2 is 1.38 bits per heavy atom. The zero-order chi connectivity index (χ0) is 23.8. The van der Waals surface area contributed by atoms with Gasteiger partial charge in [-0.25, -0.2) is 18.6 Å². The molecule has 0 aliphatic rings. The van der Waals surface area contributed by atoms with E-state index in [1.807, 2.05) is 12.1 Å². The number of aryl methyl sites for hydroxylation is 1. The van der Waals surface area contributed by atoms with E-state index < -0.39 is 5.97 Å². The highest BCUT2D eigenvalue weighted by Gasteiger charge is 2.24. The summed E-state index contributed by atoms with van der Waals surface area (Å²) in [5, 5.41) is 0. The van der Waals surface area contributed by atoms with Crippen LogP contribution >= 0.6 is 0 Å². The maximum absolute atomic E-state index is 13.8. The van der Waals surface area contributed by atoms with Crippen LogP contribution in [0.25, 0.3) is 44.5 Å².